The molecule has 82 valence electrons. The molecule has 0 aliphatic heterocycles. The van der Waals surface area contributed by atoms with Gasteiger partial charge < -0.3 is 5.32 Å². The summed E-state index contributed by atoms with van der Waals surface area (Å²) in [5.41, 5.74) is 1.91. The van der Waals surface area contributed by atoms with Crippen molar-refractivity contribution in [3.63, 3.8) is 0 Å². The summed E-state index contributed by atoms with van der Waals surface area (Å²) in [6.45, 7) is 2.28. The highest BCUT2D eigenvalue weighted by atomic mass is 15.0. The molecule has 1 aromatic carbocycles. The molecular weight excluding hydrogens is 198 g/mol. The molecule has 0 unspecified atom stereocenters. The van der Waals surface area contributed by atoms with Gasteiger partial charge in [0.05, 0.1) is 17.2 Å². The van der Waals surface area contributed by atoms with Crippen LogP contribution in [0.3, 0.4) is 0 Å². The van der Waals surface area contributed by atoms with Crippen LogP contribution in [-0.4, -0.2) is 16.0 Å². The molecule has 1 fully saturated rings. The fraction of sp³-hybridized carbons (Fsp3) is 0.385. The van der Waals surface area contributed by atoms with Crippen molar-refractivity contribution in [3.05, 3.63) is 30.5 Å². The first-order valence-corrected chi connectivity index (χ1v) is 5.79. The number of anilines is 1. The van der Waals surface area contributed by atoms with E-state index in [9.17, 15) is 0 Å². The van der Waals surface area contributed by atoms with Crippen molar-refractivity contribution < 1.29 is 0 Å². The molecule has 0 amide bonds. The Morgan fingerprint density at radius 1 is 1.19 bits per heavy atom. The minimum absolute atomic E-state index is 0.588. The highest BCUT2D eigenvalue weighted by Gasteiger charge is 2.25. The lowest BCUT2D eigenvalue weighted by Crippen LogP contribution is -2.34. The molecule has 16 heavy (non-hydrogen) atoms. The first-order chi connectivity index (χ1) is 7.81. The van der Waals surface area contributed by atoms with Crippen LogP contribution in [0.4, 0.5) is 5.82 Å². The van der Waals surface area contributed by atoms with Crippen molar-refractivity contribution in [2.75, 3.05) is 5.32 Å². The highest BCUT2D eigenvalue weighted by Crippen LogP contribution is 2.28. The molecule has 0 atom stereocenters. The van der Waals surface area contributed by atoms with Gasteiger partial charge in [-0.05, 0) is 30.9 Å². The summed E-state index contributed by atoms with van der Waals surface area (Å²) < 4.78 is 0. The first-order valence-electron chi connectivity index (χ1n) is 5.79. The largest absolute Gasteiger partial charge is 0.366 e. The van der Waals surface area contributed by atoms with E-state index in [4.69, 9.17) is 0 Å². The Morgan fingerprint density at radius 2 is 1.94 bits per heavy atom. The summed E-state index contributed by atoms with van der Waals surface area (Å²) in [7, 11) is 0. The van der Waals surface area contributed by atoms with E-state index in [1.807, 2.05) is 30.5 Å². The summed E-state index contributed by atoms with van der Waals surface area (Å²) in [6, 6.07) is 8.55. The molecule has 1 heterocycles. The summed E-state index contributed by atoms with van der Waals surface area (Å²) in [4.78, 5) is 8.94. The van der Waals surface area contributed by atoms with E-state index in [1.165, 1.54) is 12.8 Å². The molecule has 3 nitrogen and oxygen atoms in total. The van der Waals surface area contributed by atoms with Crippen LogP contribution in [0, 0.1) is 5.92 Å². The van der Waals surface area contributed by atoms with Crippen LogP contribution in [0.5, 0.6) is 0 Å². The predicted octanol–water partition coefficient (Wildman–Crippen LogP) is 2.84. The number of nitrogens with one attached hydrogen (secondary N) is 1. The van der Waals surface area contributed by atoms with Gasteiger partial charge >= 0.3 is 0 Å². The molecule has 3 heteroatoms. The SMILES string of the molecule is CC1CC(Nc2cnc3ccccc3n2)C1. The zero-order valence-corrected chi connectivity index (χ0v) is 9.35. The van der Waals surface area contributed by atoms with Gasteiger partial charge in [0, 0.05) is 6.04 Å². The van der Waals surface area contributed by atoms with Crippen molar-refractivity contribution in [3.8, 4) is 0 Å². The van der Waals surface area contributed by atoms with E-state index < -0.39 is 0 Å². The number of fused-ring (bicyclic) bond motifs is 1. The van der Waals surface area contributed by atoms with Crippen LogP contribution >= 0.6 is 0 Å². The molecule has 1 aromatic heterocycles. The molecule has 0 spiro atoms. The normalized spacial score (nSPS) is 24.1. The maximum Gasteiger partial charge on any atom is 0.145 e. The lowest BCUT2D eigenvalue weighted by molar-refractivity contribution is 0.308. The van der Waals surface area contributed by atoms with Gasteiger partial charge in [-0.1, -0.05) is 19.1 Å². The third kappa shape index (κ3) is 1.73. The topological polar surface area (TPSA) is 37.8 Å². The molecule has 1 aliphatic rings. The van der Waals surface area contributed by atoms with Crippen molar-refractivity contribution >= 4 is 16.9 Å². The number of hydrogen-bond donors (Lipinski definition) is 1. The van der Waals surface area contributed by atoms with Crippen LogP contribution < -0.4 is 5.32 Å². The van der Waals surface area contributed by atoms with Crippen LogP contribution in [0.15, 0.2) is 30.5 Å². The maximum absolute atomic E-state index is 4.55. The molecular formula is C13H15N3. The summed E-state index contributed by atoms with van der Waals surface area (Å²) in [5.74, 6) is 1.75. The molecule has 2 aromatic rings. The molecule has 0 radical (unpaired) electrons. The van der Waals surface area contributed by atoms with Gasteiger partial charge in [0.2, 0.25) is 0 Å². The maximum atomic E-state index is 4.55. The molecule has 0 saturated heterocycles. The lowest BCUT2D eigenvalue weighted by atomic mass is 9.82. The minimum Gasteiger partial charge on any atom is -0.366 e. The Balaban J connectivity index is 1.82. The zero-order valence-electron chi connectivity index (χ0n) is 9.35. The van der Waals surface area contributed by atoms with Crippen LogP contribution in [0.1, 0.15) is 19.8 Å². The Hall–Kier alpha value is -1.64. The number of para-hydroxylation sites is 2. The van der Waals surface area contributed by atoms with Crippen LogP contribution in [-0.2, 0) is 0 Å². The molecule has 1 saturated carbocycles. The first kappa shape index (κ1) is 9.58. The number of hydrogen-bond acceptors (Lipinski definition) is 3. The van der Waals surface area contributed by atoms with Crippen molar-refractivity contribution in [1.82, 2.24) is 9.97 Å². The van der Waals surface area contributed by atoms with Gasteiger partial charge in [0.1, 0.15) is 5.82 Å². The van der Waals surface area contributed by atoms with Gasteiger partial charge in [-0.15, -0.1) is 0 Å². The minimum atomic E-state index is 0.588. The smallest absolute Gasteiger partial charge is 0.145 e. The summed E-state index contributed by atoms with van der Waals surface area (Å²) in [6.07, 6.45) is 4.31. The van der Waals surface area contributed by atoms with E-state index in [0.717, 1.165) is 22.8 Å². The lowest BCUT2D eigenvalue weighted by Gasteiger charge is -2.33. The Labute approximate surface area is 94.9 Å². The molecule has 1 N–H and O–H groups in total. The number of aromatic nitrogens is 2. The van der Waals surface area contributed by atoms with Crippen LogP contribution in [0.2, 0.25) is 0 Å². The second-order valence-corrected chi connectivity index (χ2v) is 4.66. The Bertz CT molecular complexity index is 503. The average molecular weight is 213 g/mol. The fourth-order valence-corrected chi connectivity index (χ4v) is 2.26. The quantitative estimate of drug-likeness (QED) is 0.833. The van der Waals surface area contributed by atoms with Gasteiger partial charge in [-0.3, -0.25) is 4.98 Å². The van der Waals surface area contributed by atoms with E-state index in [-0.39, 0.29) is 0 Å². The average Bonchev–Trinajstić information content (AvgIpc) is 2.27. The van der Waals surface area contributed by atoms with Gasteiger partial charge in [0.15, 0.2) is 0 Å². The van der Waals surface area contributed by atoms with E-state index >= 15 is 0 Å². The summed E-state index contributed by atoms with van der Waals surface area (Å²) >= 11 is 0. The Kier molecular flexibility index (Phi) is 2.24. The standard InChI is InChI=1S/C13H15N3/c1-9-6-10(7-9)15-13-8-14-11-4-2-3-5-12(11)16-13/h2-5,8-10H,6-7H2,1H3,(H,15,16). The molecule has 0 bridgehead atoms. The fourth-order valence-electron chi connectivity index (χ4n) is 2.26. The monoisotopic (exact) mass is 213 g/mol. The highest BCUT2D eigenvalue weighted by molar-refractivity contribution is 5.75. The van der Waals surface area contributed by atoms with E-state index in [0.29, 0.717) is 6.04 Å². The van der Waals surface area contributed by atoms with Crippen molar-refractivity contribution in [1.29, 1.82) is 0 Å². The van der Waals surface area contributed by atoms with E-state index in [1.54, 1.807) is 0 Å². The van der Waals surface area contributed by atoms with Crippen molar-refractivity contribution in [2.24, 2.45) is 5.92 Å². The number of benzene rings is 1. The van der Waals surface area contributed by atoms with Gasteiger partial charge in [0.25, 0.3) is 0 Å². The number of nitrogens with zero attached hydrogens (tertiary/aromatic N) is 2. The van der Waals surface area contributed by atoms with Crippen LogP contribution in [0.25, 0.3) is 11.0 Å². The second kappa shape index (κ2) is 3.74. The summed E-state index contributed by atoms with van der Waals surface area (Å²) in [5, 5.41) is 3.43. The second-order valence-electron chi connectivity index (χ2n) is 4.66. The zero-order chi connectivity index (χ0) is 11.0. The van der Waals surface area contributed by atoms with E-state index in [2.05, 4.69) is 22.2 Å². The predicted molar refractivity (Wildman–Crippen MR) is 65.3 cm³/mol. The third-order valence-corrected chi connectivity index (χ3v) is 3.17. The van der Waals surface area contributed by atoms with Gasteiger partial charge in [-0.25, -0.2) is 4.98 Å². The number of rotatable bonds is 2. The Morgan fingerprint density at radius 3 is 2.69 bits per heavy atom. The van der Waals surface area contributed by atoms with Gasteiger partial charge in [-0.2, -0.15) is 0 Å². The molecule has 3 rings (SSSR count). The van der Waals surface area contributed by atoms with Crippen molar-refractivity contribution in [2.45, 2.75) is 25.8 Å². The third-order valence-electron chi connectivity index (χ3n) is 3.17. The molecule has 1 aliphatic carbocycles.